The second kappa shape index (κ2) is 10.6. The second-order valence-corrected chi connectivity index (χ2v) is 7.63. The predicted octanol–water partition coefficient (Wildman–Crippen LogP) is 4.48. The molecule has 2 aromatic carbocycles. The number of non-ortho nitro benzene ring substituents is 1. The highest BCUT2D eigenvalue weighted by Gasteiger charge is 2.21. The average molecular weight is 412 g/mol. The first kappa shape index (κ1) is 21.6. The van der Waals surface area contributed by atoms with E-state index in [2.05, 4.69) is 10.2 Å². The van der Waals surface area contributed by atoms with Crippen molar-refractivity contribution in [2.45, 2.75) is 39.0 Å². The van der Waals surface area contributed by atoms with E-state index in [9.17, 15) is 14.9 Å². The quantitative estimate of drug-likeness (QED) is 0.373. The third kappa shape index (κ3) is 5.95. The Hall–Kier alpha value is -3.09. The van der Waals surface area contributed by atoms with Gasteiger partial charge in [-0.2, -0.15) is 0 Å². The molecule has 3 rings (SSSR count). The van der Waals surface area contributed by atoms with E-state index in [0.29, 0.717) is 18.7 Å². The van der Waals surface area contributed by atoms with Crippen molar-refractivity contribution in [1.82, 2.24) is 5.32 Å². The lowest BCUT2D eigenvalue weighted by molar-refractivity contribution is -0.384. The van der Waals surface area contributed by atoms with E-state index in [0.717, 1.165) is 50.2 Å². The number of carbonyl (C=O) groups excluding carboxylic acids is 1. The van der Waals surface area contributed by atoms with Crippen LogP contribution in [0.3, 0.4) is 0 Å². The molecule has 7 nitrogen and oxygen atoms in total. The maximum Gasteiger partial charge on any atom is 0.270 e. The van der Waals surface area contributed by atoms with Crippen LogP contribution < -0.4 is 15.0 Å². The number of rotatable bonds is 9. The number of ether oxygens (including phenoxy) is 1. The molecule has 0 saturated carbocycles. The Morgan fingerprint density at radius 1 is 1.10 bits per heavy atom. The summed E-state index contributed by atoms with van der Waals surface area (Å²) in [6.07, 6.45) is 4.89. The number of piperidine rings is 1. The van der Waals surface area contributed by atoms with E-state index in [1.54, 1.807) is 6.07 Å². The van der Waals surface area contributed by atoms with Gasteiger partial charge in [-0.3, -0.25) is 14.9 Å². The number of benzene rings is 2. The Balaban J connectivity index is 1.52. The molecule has 0 aliphatic carbocycles. The van der Waals surface area contributed by atoms with Crippen molar-refractivity contribution >= 4 is 17.3 Å². The zero-order valence-electron chi connectivity index (χ0n) is 17.4. The number of aryl methyl sites for hydroxylation is 1. The van der Waals surface area contributed by atoms with Crippen LogP contribution in [-0.4, -0.2) is 37.1 Å². The number of anilines is 1. The number of nitrogens with zero attached hydrogens (tertiary/aromatic N) is 2. The van der Waals surface area contributed by atoms with Crippen molar-refractivity contribution in [3.63, 3.8) is 0 Å². The van der Waals surface area contributed by atoms with Gasteiger partial charge in [-0.25, -0.2) is 0 Å². The minimum Gasteiger partial charge on any atom is -0.494 e. The molecule has 0 atom stereocenters. The molecule has 0 unspecified atom stereocenters. The molecule has 1 amide bonds. The van der Waals surface area contributed by atoms with Crippen molar-refractivity contribution in [2.75, 3.05) is 31.1 Å². The summed E-state index contributed by atoms with van der Waals surface area (Å²) in [5.41, 5.74) is 2.28. The fourth-order valence-corrected chi connectivity index (χ4v) is 3.58. The highest BCUT2D eigenvalue weighted by molar-refractivity contribution is 6.00. The number of hydrogen-bond donors (Lipinski definition) is 1. The first-order valence-electron chi connectivity index (χ1n) is 10.6. The van der Waals surface area contributed by atoms with Gasteiger partial charge in [-0.15, -0.1) is 0 Å². The number of carbonyl (C=O) groups is 1. The molecule has 0 spiro atoms. The fraction of sp³-hybridized carbons (Fsp3) is 0.435. The summed E-state index contributed by atoms with van der Waals surface area (Å²) in [6.45, 7) is 4.85. The summed E-state index contributed by atoms with van der Waals surface area (Å²) >= 11 is 0. The Bertz CT molecular complexity index is 861. The van der Waals surface area contributed by atoms with Gasteiger partial charge < -0.3 is 15.0 Å². The van der Waals surface area contributed by atoms with Crippen LogP contribution in [-0.2, 0) is 0 Å². The lowest BCUT2D eigenvalue weighted by Gasteiger charge is -2.30. The van der Waals surface area contributed by atoms with Crippen molar-refractivity contribution in [3.8, 4) is 5.75 Å². The number of nitrogens with one attached hydrogen (secondary N) is 1. The molecule has 30 heavy (non-hydrogen) atoms. The van der Waals surface area contributed by atoms with Crippen LogP contribution in [0.4, 0.5) is 11.4 Å². The molecule has 0 aromatic heterocycles. The fourth-order valence-electron chi connectivity index (χ4n) is 3.58. The molecule has 160 valence electrons. The van der Waals surface area contributed by atoms with Gasteiger partial charge in [-0.05, 0) is 57.2 Å². The Kier molecular flexibility index (Phi) is 7.65. The van der Waals surface area contributed by atoms with Crippen LogP contribution >= 0.6 is 0 Å². The zero-order valence-corrected chi connectivity index (χ0v) is 17.4. The largest absolute Gasteiger partial charge is 0.494 e. The third-order valence-electron chi connectivity index (χ3n) is 5.28. The van der Waals surface area contributed by atoms with E-state index in [1.807, 2.05) is 31.2 Å². The molecule has 1 heterocycles. The average Bonchev–Trinajstić information content (AvgIpc) is 2.77. The van der Waals surface area contributed by atoms with Gasteiger partial charge in [0.15, 0.2) is 0 Å². The standard InChI is InChI=1S/C23H29N3O4/c1-18-7-10-20(11-8-18)30-16-6-3-13-24-23(27)21-17-19(26(28)29)9-12-22(21)25-14-4-2-5-15-25/h7-12,17H,2-6,13-16H2,1H3,(H,24,27). The predicted molar refractivity (Wildman–Crippen MR) is 117 cm³/mol. The highest BCUT2D eigenvalue weighted by atomic mass is 16.6. The molecule has 1 fully saturated rings. The summed E-state index contributed by atoms with van der Waals surface area (Å²) < 4.78 is 5.70. The third-order valence-corrected chi connectivity index (χ3v) is 5.28. The minimum absolute atomic E-state index is 0.0626. The molecular formula is C23H29N3O4. The molecule has 0 bridgehead atoms. The topological polar surface area (TPSA) is 84.7 Å². The van der Waals surface area contributed by atoms with Gasteiger partial charge in [0.05, 0.1) is 22.8 Å². The molecule has 1 N–H and O–H groups in total. The van der Waals surface area contributed by atoms with Gasteiger partial charge >= 0.3 is 0 Å². The lowest BCUT2D eigenvalue weighted by atomic mass is 10.1. The van der Waals surface area contributed by atoms with Crippen LogP contribution in [0.15, 0.2) is 42.5 Å². The number of nitro groups is 1. The van der Waals surface area contributed by atoms with Gasteiger partial charge in [0.25, 0.3) is 11.6 Å². The van der Waals surface area contributed by atoms with Crippen LogP contribution in [0, 0.1) is 17.0 Å². The maximum absolute atomic E-state index is 12.8. The normalized spacial score (nSPS) is 13.7. The first-order chi connectivity index (χ1) is 14.5. The van der Waals surface area contributed by atoms with Crippen molar-refractivity contribution in [2.24, 2.45) is 0 Å². The van der Waals surface area contributed by atoms with E-state index in [4.69, 9.17) is 4.74 Å². The summed E-state index contributed by atoms with van der Waals surface area (Å²) in [7, 11) is 0. The Morgan fingerprint density at radius 2 is 1.83 bits per heavy atom. The SMILES string of the molecule is Cc1ccc(OCCCCNC(=O)c2cc([N+](=O)[O-])ccc2N2CCCCC2)cc1. The first-order valence-corrected chi connectivity index (χ1v) is 10.6. The highest BCUT2D eigenvalue weighted by Crippen LogP contribution is 2.28. The summed E-state index contributed by atoms with van der Waals surface area (Å²) in [4.78, 5) is 25.6. The number of hydrogen-bond acceptors (Lipinski definition) is 5. The lowest BCUT2D eigenvalue weighted by Crippen LogP contribution is -2.33. The van der Waals surface area contributed by atoms with E-state index in [-0.39, 0.29) is 11.6 Å². The van der Waals surface area contributed by atoms with Crippen LogP contribution in [0.2, 0.25) is 0 Å². The zero-order chi connectivity index (χ0) is 21.3. The minimum atomic E-state index is -0.459. The molecule has 1 aliphatic rings. The molecule has 7 heteroatoms. The second-order valence-electron chi connectivity index (χ2n) is 7.63. The Labute approximate surface area is 177 Å². The maximum atomic E-state index is 12.8. The molecule has 0 radical (unpaired) electrons. The number of nitro benzene ring substituents is 1. The number of unbranched alkanes of at least 4 members (excludes halogenated alkanes) is 1. The Morgan fingerprint density at radius 3 is 2.53 bits per heavy atom. The van der Waals surface area contributed by atoms with Gasteiger partial charge in [0.1, 0.15) is 5.75 Å². The van der Waals surface area contributed by atoms with E-state index >= 15 is 0 Å². The molecule has 1 aliphatic heterocycles. The van der Waals surface area contributed by atoms with Crippen LogP contribution in [0.25, 0.3) is 0 Å². The molecule has 1 saturated heterocycles. The van der Waals surface area contributed by atoms with Crippen molar-refractivity contribution in [3.05, 3.63) is 63.7 Å². The van der Waals surface area contributed by atoms with Crippen LogP contribution in [0.1, 0.15) is 48.0 Å². The molecule has 2 aromatic rings. The summed E-state index contributed by atoms with van der Waals surface area (Å²) in [5.74, 6) is 0.575. The monoisotopic (exact) mass is 411 g/mol. The van der Waals surface area contributed by atoms with Crippen molar-refractivity contribution in [1.29, 1.82) is 0 Å². The summed E-state index contributed by atoms with van der Waals surface area (Å²) in [6, 6.07) is 12.5. The molecular weight excluding hydrogens is 382 g/mol. The van der Waals surface area contributed by atoms with Crippen molar-refractivity contribution < 1.29 is 14.5 Å². The smallest absolute Gasteiger partial charge is 0.270 e. The number of amides is 1. The van der Waals surface area contributed by atoms with Gasteiger partial charge in [-0.1, -0.05) is 17.7 Å². The van der Waals surface area contributed by atoms with E-state index in [1.165, 1.54) is 24.1 Å². The van der Waals surface area contributed by atoms with E-state index < -0.39 is 4.92 Å². The van der Waals surface area contributed by atoms with Gasteiger partial charge in [0, 0.05) is 31.8 Å². The van der Waals surface area contributed by atoms with Crippen LogP contribution in [0.5, 0.6) is 5.75 Å². The summed E-state index contributed by atoms with van der Waals surface area (Å²) in [5, 5.41) is 14.1. The van der Waals surface area contributed by atoms with Gasteiger partial charge in [0.2, 0.25) is 0 Å².